The molecule has 0 aliphatic rings. The number of hydrogen-bond donors (Lipinski definition) is 1. The topological polar surface area (TPSA) is 102 Å². The van der Waals surface area contributed by atoms with Gasteiger partial charge in [-0.05, 0) is 38.3 Å². The van der Waals surface area contributed by atoms with E-state index in [4.69, 9.17) is 11.0 Å². The number of hydrogen-bond acceptors (Lipinski definition) is 5. The van der Waals surface area contributed by atoms with Crippen molar-refractivity contribution in [3.8, 4) is 6.07 Å². The summed E-state index contributed by atoms with van der Waals surface area (Å²) >= 11 is 0. The van der Waals surface area contributed by atoms with Crippen LogP contribution in [0.4, 0.5) is 5.82 Å². The predicted octanol–water partition coefficient (Wildman–Crippen LogP) is 2.96. The van der Waals surface area contributed by atoms with Crippen molar-refractivity contribution < 1.29 is 9.59 Å². The minimum atomic E-state index is -0.320. The number of nitriles is 1. The van der Waals surface area contributed by atoms with Gasteiger partial charge in [0.25, 0.3) is 0 Å². The van der Waals surface area contributed by atoms with E-state index < -0.39 is 0 Å². The Kier molecular flexibility index (Phi) is 5.14. The predicted molar refractivity (Wildman–Crippen MR) is 90.8 cm³/mol. The number of benzene rings is 1. The van der Waals surface area contributed by atoms with E-state index in [1.54, 1.807) is 0 Å². The van der Waals surface area contributed by atoms with Crippen LogP contribution in [0.15, 0.2) is 18.3 Å². The summed E-state index contributed by atoms with van der Waals surface area (Å²) in [6.07, 6.45) is 2.10. The van der Waals surface area contributed by atoms with Crippen LogP contribution in [0.25, 0.3) is 0 Å². The van der Waals surface area contributed by atoms with Crippen molar-refractivity contribution >= 4 is 17.5 Å². The molecule has 2 aromatic rings. The lowest BCUT2D eigenvalue weighted by molar-refractivity contribution is 0.0881. The highest BCUT2D eigenvalue weighted by atomic mass is 16.2. The third kappa shape index (κ3) is 3.51. The first-order valence-corrected chi connectivity index (χ1v) is 7.73. The summed E-state index contributed by atoms with van der Waals surface area (Å²) in [4.78, 5) is 24.5. The Morgan fingerprint density at radius 1 is 1.21 bits per heavy atom. The zero-order valence-corrected chi connectivity index (χ0v) is 14.1. The summed E-state index contributed by atoms with van der Waals surface area (Å²) in [6, 6.07) is 5.84. The highest BCUT2D eigenvalue weighted by Crippen LogP contribution is 2.19. The molecule has 0 atom stereocenters. The Bertz CT molecular complexity index is 820. The second kappa shape index (κ2) is 7.09. The van der Waals surface area contributed by atoms with Gasteiger partial charge in [-0.1, -0.05) is 17.7 Å². The Labute approximate surface area is 140 Å². The van der Waals surface area contributed by atoms with Crippen molar-refractivity contribution in [1.82, 2.24) is 9.78 Å². The lowest BCUT2D eigenvalue weighted by atomic mass is 9.94. The molecule has 0 saturated heterocycles. The molecular formula is C18H20N4O2. The molecule has 1 aromatic heterocycles. The second-order valence-corrected chi connectivity index (χ2v) is 5.91. The van der Waals surface area contributed by atoms with Crippen LogP contribution >= 0.6 is 0 Å². The van der Waals surface area contributed by atoms with E-state index in [2.05, 4.69) is 5.10 Å². The van der Waals surface area contributed by atoms with Gasteiger partial charge in [0.15, 0.2) is 5.78 Å². The largest absolute Gasteiger partial charge is 0.382 e. The van der Waals surface area contributed by atoms with Crippen LogP contribution in [0.1, 0.15) is 56.7 Å². The molecule has 0 aliphatic carbocycles. The standard InChI is InChI=1S/C18H20N4O2/c1-11-7-12(2)17(13(3)8-11)15(23)5-4-6-16(24)22-18(20)14(9-19)10-21-22/h7-8,10H,4-6,20H2,1-3H3. The highest BCUT2D eigenvalue weighted by molar-refractivity contribution is 5.99. The minimum Gasteiger partial charge on any atom is -0.382 e. The smallest absolute Gasteiger partial charge is 0.248 e. The molecule has 1 aromatic carbocycles. The van der Waals surface area contributed by atoms with E-state index in [0.717, 1.165) is 26.9 Å². The van der Waals surface area contributed by atoms with E-state index in [-0.39, 0.29) is 35.9 Å². The van der Waals surface area contributed by atoms with Crippen LogP contribution in [0.5, 0.6) is 0 Å². The number of Topliss-reactive ketones (excluding diaryl/α,β-unsaturated/α-hetero) is 1. The van der Waals surface area contributed by atoms with Gasteiger partial charge in [0, 0.05) is 18.4 Å². The van der Waals surface area contributed by atoms with Gasteiger partial charge in [0.2, 0.25) is 5.91 Å². The number of ketones is 1. The summed E-state index contributed by atoms with van der Waals surface area (Å²) in [5, 5.41) is 12.6. The lowest BCUT2D eigenvalue weighted by Crippen LogP contribution is -2.15. The summed E-state index contributed by atoms with van der Waals surface area (Å²) in [5.41, 5.74) is 9.63. The van der Waals surface area contributed by atoms with Crippen LogP contribution < -0.4 is 5.73 Å². The first kappa shape index (κ1) is 17.4. The van der Waals surface area contributed by atoms with Gasteiger partial charge in [-0.3, -0.25) is 9.59 Å². The minimum absolute atomic E-state index is 0.0314. The first-order chi connectivity index (χ1) is 11.3. The van der Waals surface area contributed by atoms with E-state index >= 15 is 0 Å². The molecule has 0 unspecified atom stereocenters. The lowest BCUT2D eigenvalue weighted by Gasteiger charge is -2.10. The van der Waals surface area contributed by atoms with Gasteiger partial charge in [0.05, 0.1) is 6.20 Å². The van der Waals surface area contributed by atoms with Gasteiger partial charge in [-0.2, -0.15) is 15.0 Å². The quantitative estimate of drug-likeness (QED) is 0.852. The molecule has 124 valence electrons. The molecule has 24 heavy (non-hydrogen) atoms. The molecule has 6 nitrogen and oxygen atoms in total. The Balaban J connectivity index is 1.99. The number of carbonyl (C=O) groups is 2. The number of carbonyl (C=O) groups excluding carboxylic acids is 2. The van der Waals surface area contributed by atoms with Crippen LogP contribution in [0.3, 0.4) is 0 Å². The third-order valence-electron chi connectivity index (χ3n) is 3.91. The average molecular weight is 324 g/mol. The van der Waals surface area contributed by atoms with E-state index in [9.17, 15) is 9.59 Å². The van der Waals surface area contributed by atoms with Crippen molar-refractivity contribution in [3.05, 3.63) is 46.1 Å². The van der Waals surface area contributed by atoms with Crippen LogP contribution in [0, 0.1) is 32.1 Å². The molecule has 2 rings (SSSR count). The first-order valence-electron chi connectivity index (χ1n) is 7.73. The number of anilines is 1. The second-order valence-electron chi connectivity index (χ2n) is 5.91. The SMILES string of the molecule is Cc1cc(C)c(C(=O)CCCC(=O)n2ncc(C#N)c2N)c(C)c1. The number of rotatable bonds is 5. The Hall–Kier alpha value is -2.94. The van der Waals surface area contributed by atoms with Gasteiger partial charge in [-0.15, -0.1) is 0 Å². The molecule has 0 bridgehead atoms. The van der Waals surface area contributed by atoms with Crippen molar-refractivity contribution in [1.29, 1.82) is 5.26 Å². The molecule has 6 heteroatoms. The molecule has 0 fully saturated rings. The summed E-state index contributed by atoms with van der Waals surface area (Å²) in [5.74, 6) is -0.248. The van der Waals surface area contributed by atoms with Crippen molar-refractivity contribution in [3.63, 3.8) is 0 Å². The molecular weight excluding hydrogens is 304 g/mol. The third-order valence-corrected chi connectivity index (χ3v) is 3.91. The van der Waals surface area contributed by atoms with Crippen LogP contribution in [-0.2, 0) is 0 Å². The Morgan fingerprint density at radius 2 is 1.83 bits per heavy atom. The van der Waals surface area contributed by atoms with Crippen molar-refractivity contribution in [2.24, 2.45) is 0 Å². The molecule has 2 N–H and O–H groups in total. The van der Waals surface area contributed by atoms with Gasteiger partial charge >= 0.3 is 0 Å². The fraction of sp³-hybridized carbons (Fsp3) is 0.333. The average Bonchev–Trinajstić information content (AvgIpc) is 2.87. The molecule has 1 heterocycles. The van der Waals surface area contributed by atoms with Gasteiger partial charge < -0.3 is 5.73 Å². The van der Waals surface area contributed by atoms with Crippen LogP contribution in [-0.4, -0.2) is 21.5 Å². The number of aromatic nitrogens is 2. The van der Waals surface area contributed by atoms with E-state index in [1.165, 1.54) is 6.20 Å². The van der Waals surface area contributed by atoms with Crippen LogP contribution in [0.2, 0.25) is 0 Å². The highest BCUT2D eigenvalue weighted by Gasteiger charge is 2.16. The Morgan fingerprint density at radius 3 is 2.38 bits per heavy atom. The molecule has 0 amide bonds. The summed E-state index contributed by atoms with van der Waals surface area (Å²) < 4.78 is 1.02. The van der Waals surface area contributed by atoms with E-state index in [0.29, 0.717) is 6.42 Å². The molecule has 0 spiro atoms. The van der Waals surface area contributed by atoms with Crippen molar-refractivity contribution in [2.75, 3.05) is 5.73 Å². The molecule has 0 saturated carbocycles. The maximum atomic E-state index is 12.4. The zero-order valence-electron chi connectivity index (χ0n) is 14.1. The zero-order chi connectivity index (χ0) is 17.9. The number of nitrogen functional groups attached to an aromatic ring is 1. The maximum Gasteiger partial charge on any atom is 0.248 e. The molecule has 0 radical (unpaired) electrons. The van der Waals surface area contributed by atoms with Crippen molar-refractivity contribution in [2.45, 2.75) is 40.0 Å². The number of nitrogens with zero attached hydrogens (tertiary/aromatic N) is 3. The number of aryl methyl sites for hydroxylation is 3. The monoisotopic (exact) mass is 324 g/mol. The fourth-order valence-corrected chi connectivity index (χ4v) is 2.89. The fourth-order valence-electron chi connectivity index (χ4n) is 2.89. The normalized spacial score (nSPS) is 10.4. The molecule has 0 aliphatic heterocycles. The van der Waals surface area contributed by atoms with Gasteiger partial charge in [-0.25, -0.2) is 0 Å². The summed E-state index contributed by atoms with van der Waals surface area (Å²) in [6.45, 7) is 5.84. The van der Waals surface area contributed by atoms with Gasteiger partial charge in [0.1, 0.15) is 17.5 Å². The number of nitrogens with two attached hydrogens (primary N) is 1. The maximum absolute atomic E-state index is 12.4. The summed E-state index contributed by atoms with van der Waals surface area (Å²) in [7, 11) is 0. The van der Waals surface area contributed by atoms with E-state index in [1.807, 2.05) is 39.0 Å².